The Labute approximate surface area is 196 Å². The van der Waals surface area contributed by atoms with Gasteiger partial charge in [-0.05, 0) is 24.6 Å². The summed E-state index contributed by atoms with van der Waals surface area (Å²) in [6.07, 6.45) is -0.456. The number of nitrogens with one attached hydrogen (secondary N) is 1. The fraction of sp³-hybridized carbons (Fsp3) is 0.391. The van der Waals surface area contributed by atoms with Crippen molar-refractivity contribution in [1.29, 1.82) is 0 Å². The molecule has 0 radical (unpaired) electrons. The van der Waals surface area contributed by atoms with Gasteiger partial charge in [0.1, 0.15) is 5.84 Å². The molecule has 1 aliphatic rings. The minimum absolute atomic E-state index is 0.0575. The normalized spacial score (nSPS) is 17.2. The van der Waals surface area contributed by atoms with Gasteiger partial charge in [0.15, 0.2) is 0 Å². The number of primary amides is 1. The Bertz CT molecular complexity index is 1000. The van der Waals surface area contributed by atoms with Crippen molar-refractivity contribution in [2.75, 3.05) is 30.4 Å². The highest BCUT2D eigenvalue weighted by atomic mass is 35.5. The molecular weight excluding hydrogens is 457 g/mol. The highest BCUT2D eigenvalue weighted by Crippen LogP contribution is 2.42. The van der Waals surface area contributed by atoms with Crippen LogP contribution in [0.1, 0.15) is 36.3 Å². The monoisotopic (exact) mass is 482 g/mol. The second kappa shape index (κ2) is 10.0. The minimum Gasteiger partial charge on any atom is -0.370 e. The number of hydrogen-bond acceptors (Lipinski definition) is 3. The van der Waals surface area contributed by atoms with Gasteiger partial charge in [-0.3, -0.25) is 9.79 Å². The summed E-state index contributed by atoms with van der Waals surface area (Å²) in [5.74, 6) is -3.03. The summed E-state index contributed by atoms with van der Waals surface area (Å²) in [7, 11) is 1.61. The van der Waals surface area contributed by atoms with E-state index in [0.717, 1.165) is 11.1 Å². The second-order valence-corrected chi connectivity index (χ2v) is 8.75. The Kier molecular flexibility index (Phi) is 7.62. The van der Waals surface area contributed by atoms with Gasteiger partial charge in [0, 0.05) is 39.4 Å². The zero-order valence-electron chi connectivity index (χ0n) is 18.0. The number of alkyl halides is 2. The summed E-state index contributed by atoms with van der Waals surface area (Å²) in [6, 6.07) is 11.1. The molecule has 3 rings (SSSR count). The van der Waals surface area contributed by atoms with E-state index in [4.69, 9.17) is 28.9 Å². The number of aryl methyl sites for hydroxylation is 1. The number of aliphatic imine (C=N–C) groups is 1. The number of carbonyl (C=O) groups is 1. The first-order valence-electron chi connectivity index (χ1n) is 10.3. The number of anilines is 2. The summed E-state index contributed by atoms with van der Waals surface area (Å²) in [6.45, 7) is 2.28. The van der Waals surface area contributed by atoms with Crippen LogP contribution in [0, 0.1) is 6.92 Å². The molecule has 1 unspecified atom stereocenters. The van der Waals surface area contributed by atoms with Crippen LogP contribution in [0.3, 0.4) is 0 Å². The second-order valence-electron chi connectivity index (χ2n) is 7.97. The zero-order valence-corrected chi connectivity index (χ0v) is 19.5. The molecule has 0 spiro atoms. The molecule has 1 amide bonds. The van der Waals surface area contributed by atoms with Gasteiger partial charge in [0.25, 0.3) is 5.92 Å². The summed E-state index contributed by atoms with van der Waals surface area (Å²) in [4.78, 5) is 17.9. The van der Waals surface area contributed by atoms with Gasteiger partial charge in [0.2, 0.25) is 5.91 Å². The lowest BCUT2D eigenvalue weighted by Gasteiger charge is -2.34. The van der Waals surface area contributed by atoms with Gasteiger partial charge < -0.3 is 16.0 Å². The van der Waals surface area contributed by atoms with Crippen LogP contribution < -0.4 is 16.0 Å². The van der Waals surface area contributed by atoms with Crippen LogP contribution in [0.15, 0.2) is 41.4 Å². The molecule has 0 saturated carbocycles. The number of benzene rings is 2. The molecule has 3 N–H and O–H groups in total. The summed E-state index contributed by atoms with van der Waals surface area (Å²) >= 11 is 13.1. The predicted molar refractivity (Wildman–Crippen MR) is 128 cm³/mol. The van der Waals surface area contributed by atoms with Gasteiger partial charge in [0.05, 0.1) is 27.3 Å². The van der Waals surface area contributed by atoms with Crippen molar-refractivity contribution in [3.63, 3.8) is 0 Å². The van der Waals surface area contributed by atoms with Gasteiger partial charge in [-0.15, -0.1) is 0 Å². The molecule has 0 aliphatic carbocycles. The lowest BCUT2D eigenvalue weighted by molar-refractivity contribution is -0.118. The van der Waals surface area contributed by atoms with Crippen LogP contribution >= 0.6 is 23.2 Å². The van der Waals surface area contributed by atoms with Crippen molar-refractivity contribution >= 4 is 46.3 Å². The molecule has 32 heavy (non-hydrogen) atoms. The molecule has 2 aromatic carbocycles. The van der Waals surface area contributed by atoms with E-state index < -0.39 is 17.7 Å². The fourth-order valence-corrected chi connectivity index (χ4v) is 4.45. The van der Waals surface area contributed by atoms with E-state index in [-0.39, 0.29) is 32.4 Å². The number of halogens is 4. The van der Waals surface area contributed by atoms with Gasteiger partial charge in [-0.25, -0.2) is 8.78 Å². The number of amidine groups is 1. The average Bonchev–Trinajstić information content (AvgIpc) is 2.73. The van der Waals surface area contributed by atoms with E-state index in [2.05, 4.69) is 10.3 Å². The third-order valence-corrected chi connectivity index (χ3v) is 6.28. The maximum absolute atomic E-state index is 13.6. The average molecular weight is 483 g/mol. The first kappa shape index (κ1) is 24.3. The van der Waals surface area contributed by atoms with E-state index in [1.165, 1.54) is 0 Å². The Morgan fingerprint density at radius 3 is 2.38 bits per heavy atom. The number of piperidine rings is 1. The molecule has 1 fully saturated rings. The lowest BCUT2D eigenvalue weighted by Crippen LogP contribution is -2.39. The maximum atomic E-state index is 13.6. The number of rotatable bonds is 6. The molecule has 9 heteroatoms. The van der Waals surface area contributed by atoms with Crippen molar-refractivity contribution in [3.05, 3.63) is 57.6 Å². The van der Waals surface area contributed by atoms with Crippen molar-refractivity contribution in [2.45, 2.75) is 38.0 Å². The highest BCUT2D eigenvalue weighted by molar-refractivity contribution is 6.41. The van der Waals surface area contributed by atoms with Crippen molar-refractivity contribution in [2.24, 2.45) is 10.7 Å². The van der Waals surface area contributed by atoms with Crippen LogP contribution in [0.5, 0.6) is 0 Å². The minimum atomic E-state index is -2.68. The third-order valence-electron chi connectivity index (χ3n) is 5.60. The molecule has 2 aromatic rings. The quantitative estimate of drug-likeness (QED) is 0.413. The maximum Gasteiger partial charge on any atom is 0.251 e. The number of hydrogen-bond donors (Lipinski definition) is 2. The molecule has 5 nitrogen and oxygen atoms in total. The number of nitrogens with two attached hydrogens (primary N) is 1. The van der Waals surface area contributed by atoms with Crippen LogP contribution in [-0.4, -0.2) is 37.8 Å². The molecule has 0 aromatic heterocycles. The summed E-state index contributed by atoms with van der Waals surface area (Å²) < 4.78 is 27.2. The van der Waals surface area contributed by atoms with E-state index in [1.807, 2.05) is 31.2 Å². The molecule has 172 valence electrons. The number of amides is 1. The standard InChI is InChI=1S/C23H26Cl2F2N4O/c1-14-3-5-15(6-4-14)16(13-19(28)32)22(29-2)30-18-8-7-17(24)21(20(18)25)31-11-9-23(26,27)10-12-31/h3-8,16H,9-13H2,1-2H3,(H2,28,32)(H,29,30). The Hall–Kier alpha value is -2.38. The third kappa shape index (κ3) is 5.70. The van der Waals surface area contributed by atoms with E-state index >= 15 is 0 Å². The number of carbonyl (C=O) groups excluding carboxylic acids is 1. The molecule has 1 heterocycles. The Morgan fingerprint density at radius 2 is 1.81 bits per heavy atom. The van der Waals surface area contributed by atoms with Crippen molar-refractivity contribution < 1.29 is 13.6 Å². The van der Waals surface area contributed by atoms with Gasteiger partial charge >= 0.3 is 0 Å². The van der Waals surface area contributed by atoms with Crippen LogP contribution in [0.25, 0.3) is 0 Å². The largest absolute Gasteiger partial charge is 0.370 e. The molecule has 1 aliphatic heterocycles. The number of nitrogens with zero attached hydrogens (tertiary/aromatic N) is 2. The lowest BCUT2D eigenvalue weighted by atomic mass is 9.93. The fourth-order valence-electron chi connectivity index (χ4n) is 3.79. The topological polar surface area (TPSA) is 70.7 Å². The predicted octanol–water partition coefficient (Wildman–Crippen LogP) is 5.64. The Balaban J connectivity index is 1.91. The smallest absolute Gasteiger partial charge is 0.251 e. The van der Waals surface area contributed by atoms with Crippen LogP contribution in [0.4, 0.5) is 20.2 Å². The van der Waals surface area contributed by atoms with E-state index in [0.29, 0.717) is 27.3 Å². The van der Waals surface area contributed by atoms with Crippen LogP contribution in [-0.2, 0) is 4.79 Å². The van der Waals surface area contributed by atoms with Gasteiger partial charge in [-0.1, -0.05) is 53.0 Å². The zero-order chi connectivity index (χ0) is 23.5. The van der Waals surface area contributed by atoms with Crippen molar-refractivity contribution in [1.82, 2.24) is 0 Å². The molecule has 1 saturated heterocycles. The SMILES string of the molecule is CN=C(Nc1ccc(Cl)c(N2CCC(F)(F)CC2)c1Cl)C(CC(N)=O)c1ccc(C)cc1. The van der Waals surface area contributed by atoms with Crippen molar-refractivity contribution in [3.8, 4) is 0 Å². The van der Waals surface area contributed by atoms with E-state index in [9.17, 15) is 13.6 Å². The molecule has 0 bridgehead atoms. The first-order valence-corrected chi connectivity index (χ1v) is 11.1. The summed E-state index contributed by atoms with van der Waals surface area (Å²) in [5.41, 5.74) is 8.50. The summed E-state index contributed by atoms with van der Waals surface area (Å²) in [5, 5.41) is 3.91. The molecule has 1 atom stereocenters. The first-order chi connectivity index (χ1) is 15.1. The molecular formula is C23H26Cl2F2N4O. The van der Waals surface area contributed by atoms with E-state index in [1.54, 1.807) is 24.1 Å². The highest BCUT2D eigenvalue weighted by Gasteiger charge is 2.35. The van der Waals surface area contributed by atoms with Gasteiger partial charge in [-0.2, -0.15) is 0 Å². The van der Waals surface area contributed by atoms with Crippen LogP contribution in [0.2, 0.25) is 10.0 Å². The Morgan fingerprint density at radius 1 is 1.19 bits per heavy atom.